The minimum absolute atomic E-state index is 0.0317. The molecule has 2 heterocycles. The first-order chi connectivity index (χ1) is 17.2. The molecule has 0 saturated heterocycles. The van der Waals surface area contributed by atoms with Crippen LogP contribution in [-0.2, 0) is 4.79 Å². The highest BCUT2D eigenvalue weighted by Crippen LogP contribution is 2.37. The van der Waals surface area contributed by atoms with Crippen LogP contribution in [0, 0.1) is 11.3 Å². The number of aromatic hydroxyl groups is 1. The van der Waals surface area contributed by atoms with E-state index in [1.165, 1.54) is 25.3 Å². The van der Waals surface area contributed by atoms with Crippen molar-refractivity contribution in [3.8, 4) is 34.2 Å². The monoisotopic (exact) mass is 501 g/mol. The molecule has 0 bridgehead atoms. The van der Waals surface area contributed by atoms with Gasteiger partial charge in [0.05, 0.1) is 12.0 Å². The summed E-state index contributed by atoms with van der Waals surface area (Å²) in [5.74, 6) is -0.734. The van der Waals surface area contributed by atoms with Crippen molar-refractivity contribution in [3.05, 3.63) is 83.3 Å². The lowest BCUT2D eigenvalue weighted by atomic mass is 9.97. The predicted molar refractivity (Wildman–Crippen MR) is 135 cm³/mol. The van der Waals surface area contributed by atoms with Crippen LogP contribution in [0.4, 0.5) is 11.5 Å². The van der Waals surface area contributed by atoms with E-state index in [2.05, 4.69) is 21.7 Å². The molecule has 1 atom stereocenters. The molecule has 2 aromatic heterocycles. The maximum atomic E-state index is 12.7. The lowest BCUT2D eigenvalue weighted by molar-refractivity contribution is -0.110. The fraction of sp³-hybridized carbons (Fsp3) is 0.0769. The molecule has 0 radical (unpaired) electrons. The molecule has 0 aliphatic rings. The van der Waals surface area contributed by atoms with Crippen LogP contribution in [0.2, 0.25) is 5.02 Å². The summed E-state index contributed by atoms with van der Waals surface area (Å²) in [6.45, 7) is 1.52. The Morgan fingerprint density at radius 3 is 2.67 bits per heavy atom. The van der Waals surface area contributed by atoms with Crippen molar-refractivity contribution in [2.45, 2.75) is 12.6 Å². The third kappa shape index (κ3) is 5.20. The highest BCUT2D eigenvalue weighted by molar-refractivity contribution is 6.30. The number of rotatable bonds is 7. The molecule has 10 heteroatoms. The minimum atomic E-state index is -1.31. The summed E-state index contributed by atoms with van der Waals surface area (Å²) < 4.78 is 5.15. The van der Waals surface area contributed by atoms with Crippen LogP contribution < -0.4 is 16.4 Å². The van der Waals surface area contributed by atoms with E-state index in [4.69, 9.17) is 21.8 Å². The second-order valence-corrected chi connectivity index (χ2v) is 8.53. The summed E-state index contributed by atoms with van der Waals surface area (Å²) in [4.78, 5) is 28.4. The van der Waals surface area contributed by atoms with Crippen LogP contribution >= 0.6 is 11.6 Å². The first kappa shape index (κ1) is 24.5. The number of pyridine rings is 1. The number of hydrogen-bond donors (Lipinski definition) is 4. The van der Waals surface area contributed by atoms with Gasteiger partial charge in [-0.2, -0.15) is 5.26 Å². The number of amides is 1. The molecule has 0 fully saturated rings. The number of nitrogens with one attached hydrogen (secondary N) is 2. The number of phenolic OH excluding ortho intramolecular Hbond substituents is 1. The Morgan fingerprint density at radius 1 is 1.19 bits per heavy atom. The van der Waals surface area contributed by atoms with Crippen molar-refractivity contribution in [1.29, 1.82) is 5.26 Å². The van der Waals surface area contributed by atoms with Gasteiger partial charge >= 0.3 is 0 Å². The van der Waals surface area contributed by atoms with Gasteiger partial charge in [-0.3, -0.25) is 9.59 Å². The van der Waals surface area contributed by atoms with E-state index >= 15 is 0 Å². The molecule has 1 amide bonds. The summed E-state index contributed by atoms with van der Waals surface area (Å²) in [5, 5.41) is 26.4. The average molecular weight is 502 g/mol. The van der Waals surface area contributed by atoms with E-state index in [0.717, 1.165) is 0 Å². The van der Waals surface area contributed by atoms with Crippen LogP contribution in [0.1, 0.15) is 23.0 Å². The first-order valence-corrected chi connectivity index (χ1v) is 11.0. The zero-order valence-electron chi connectivity index (χ0n) is 18.9. The molecule has 5 N–H and O–H groups in total. The third-order valence-electron chi connectivity index (χ3n) is 5.18. The fourth-order valence-electron chi connectivity index (χ4n) is 3.52. The van der Waals surface area contributed by atoms with E-state index in [0.29, 0.717) is 33.7 Å². The van der Waals surface area contributed by atoms with Gasteiger partial charge < -0.3 is 25.9 Å². The van der Waals surface area contributed by atoms with E-state index in [-0.39, 0.29) is 28.6 Å². The normalized spacial score (nSPS) is 12.3. The largest absolute Gasteiger partial charge is 0.507 e. The Hall–Kier alpha value is -4.65. The van der Waals surface area contributed by atoms with E-state index in [1.807, 2.05) is 0 Å². The van der Waals surface area contributed by atoms with Gasteiger partial charge in [-0.1, -0.05) is 23.7 Å². The topological polar surface area (TPSA) is 154 Å². The molecule has 9 nitrogen and oxygen atoms in total. The number of halogens is 1. The second kappa shape index (κ2) is 9.92. The second-order valence-electron chi connectivity index (χ2n) is 8.09. The van der Waals surface area contributed by atoms with E-state index < -0.39 is 11.6 Å². The van der Waals surface area contributed by atoms with Crippen molar-refractivity contribution in [3.63, 3.8) is 0 Å². The molecule has 4 aromatic rings. The summed E-state index contributed by atoms with van der Waals surface area (Å²) in [5.41, 5.74) is 6.82. The number of aldehydes is 1. The van der Waals surface area contributed by atoms with Crippen LogP contribution in [0.3, 0.4) is 0 Å². The number of anilines is 2. The lowest BCUT2D eigenvalue weighted by Gasteiger charge is -2.21. The Balaban J connectivity index is 1.89. The number of benzene rings is 2. The van der Waals surface area contributed by atoms with Crippen LogP contribution in [0.5, 0.6) is 5.75 Å². The number of nitrogens with zero attached hydrogens (tertiary/aromatic N) is 2. The van der Waals surface area contributed by atoms with Crippen LogP contribution in [0.25, 0.3) is 22.4 Å². The number of aromatic nitrogens is 1. The average Bonchev–Trinajstić information content (AvgIpc) is 3.39. The molecule has 4 rings (SSSR count). The molecular formula is C26H20ClN5O4. The Bertz CT molecular complexity index is 1490. The van der Waals surface area contributed by atoms with Gasteiger partial charge in [0, 0.05) is 21.8 Å². The van der Waals surface area contributed by atoms with Crippen molar-refractivity contribution in [2.75, 3.05) is 10.6 Å². The zero-order chi connectivity index (χ0) is 25.9. The highest BCUT2D eigenvalue weighted by Gasteiger charge is 2.21. The maximum Gasteiger partial charge on any atom is 0.292 e. The summed E-state index contributed by atoms with van der Waals surface area (Å²) >= 11 is 5.99. The number of furan rings is 1. The van der Waals surface area contributed by atoms with Gasteiger partial charge in [0.2, 0.25) is 0 Å². The summed E-state index contributed by atoms with van der Waals surface area (Å²) in [7, 11) is 0. The van der Waals surface area contributed by atoms with Gasteiger partial charge in [0.15, 0.2) is 17.9 Å². The molecular weight excluding hydrogens is 482 g/mol. The smallest absolute Gasteiger partial charge is 0.292 e. The molecule has 0 unspecified atom stereocenters. The van der Waals surface area contributed by atoms with Crippen molar-refractivity contribution in [2.24, 2.45) is 5.73 Å². The molecule has 0 spiro atoms. The summed E-state index contributed by atoms with van der Waals surface area (Å²) in [6.07, 6.45) is 1.93. The van der Waals surface area contributed by atoms with Gasteiger partial charge in [-0.25, -0.2) is 4.98 Å². The number of carbonyl (C=O) groups is 2. The maximum absolute atomic E-state index is 12.7. The SMILES string of the molecule is C[C@@](N)(C=O)Nc1cccc(-c2cc(-c3ccc(Cl)cc3O)nc(NC(=O)c3ccco3)c2C#N)c1. The molecule has 180 valence electrons. The summed E-state index contributed by atoms with van der Waals surface area (Å²) in [6, 6.07) is 18.2. The van der Waals surface area contributed by atoms with Crippen LogP contribution in [0.15, 0.2) is 71.3 Å². The van der Waals surface area contributed by atoms with Crippen molar-refractivity contribution < 1.29 is 19.1 Å². The molecule has 36 heavy (non-hydrogen) atoms. The number of phenols is 1. The highest BCUT2D eigenvalue weighted by atomic mass is 35.5. The van der Waals surface area contributed by atoms with Crippen LogP contribution in [-0.4, -0.2) is 27.9 Å². The Kier molecular flexibility index (Phi) is 6.74. The number of nitriles is 1. The minimum Gasteiger partial charge on any atom is -0.507 e. The van der Waals surface area contributed by atoms with Gasteiger partial charge in [0.25, 0.3) is 5.91 Å². The van der Waals surface area contributed by atoms with Gasteiger partial charge in [-0.15, -0.1) is 0 Å². The number of hydrogen-bond acceptors (Lipinski definition) is 8. The number of carbonyl (C=O) groups excluding carboxylic acids is 2. The molecule has 0 aliphatic heterocycles. The fourth-order valence-corrected chi connectivity index (χ4v) is 3.68. The third-order valence-corrected chi connectivity index (χ3v) is 5.41. The Labute approximate surface area is 211 Å². The van der Waals surface area contributed by atoms with E-state index in [1.54, 1.807) is 48.5 Å². The number of nitrogens with two attached hydrogens (primary N) is 1. The van der Waals surface area contributed by atoms with Crippen molar-refractivity contribution in [1.82, 2.24) is 4.98 Å². The molecule has 0 saturated carbocycles. The standard InChI is InChI=1S/C26H20ClN5O4/c1-26(29,14-33)32-17-5-2-4-15(10-17)19-12-21(18-8-7-16(27)11-22(18)34)30-24(20(19)13-28)31-25(35)23-6-3-9-36-23/h2-12,14,32,34H,29H2,1H3,(H,30,31,35)/t26-/m0/s1. The van der Waals surface area contributed by atoms with Gasteiger partial charge in [0.1, 0.15) is 23.0 Å². The van der Waals surface area contributed by atoms with E-state index in [9.17, 15) is 20.0 Å². The lowest BCUT2D eigenvalue weighted by Crippen LogP contribution is -2.46. The first-order valence-electron chi connectivity index (χ1n) is 10.6. The predicted octanol–water partition coefficient (Wildman–Crippen LogP) is 4.78. The quantitative estimate of drug-likeness (QED) is 0.208. The van der Waals surface area contributed by atoms with Crippen molar-refractivity contribution >= 4 is 35.3 Å². The Morgan fingerprint density at radius 2 is 2.00 bits per heavy atom. The molecule has 2 aromatic carbocycles. The molecule has 0 aliphatic carbocycles. The zero-order valence-corrected chi connectivity index (χ0v) is 19.7. The van der Waals surface area contributed by atoms with Gasteiger partial charge in [-0.05, 0) is 61.0 Å².